The highest BCUT2D eigenvalue weighted by Crippen LogP contribution is 2.42. The fraction of sp³-hybridized carbons (Fsp3) is 0.368. The molecule has 10 nitrogen and oxygen atoms in total. The third kappa shape index (κ3) is 5.74. The Kier molecular flexibility index (Phi) is 8.99. The topological polar surface area (TPSA) is 94.7 Å². The Hall–Kier alpha value is -4.96. The van der Waals surface area contributed by atoms with Crippen molar-refractivity contribution in [1.29, 1.82) is 0 Å². The molecule has 0 saturated heterocycles. The average molecular weight is 647 g/mol. The van der Waals surface area contributed by atoms with Gasteiger partial charge >= 0.3 is 0 Å². The van der Waals surface area contributed by atoms with Crippen molar-refractivity contribution in [3.05, 3.63) is 83.9 Å². The first kappa shape index (κ1) is 31.6. The fourth-order valence-corrected chi connectivity index (χ4v) is 7.20. The van der Waals surface area contributed by atoms with E-state index in [9.17, 15) is 9.59 Å². The summed E-state index contributed by atoms with van der Waals surface area (Å²) in [4.78, 5) is 42.8. The molecule has 1 aromatic carbocycles. The van der Waals surface area contributed by atoms with Gasteiger partial charge in [-0.25, -0.2) is 9.97 Å². The Bertz CT molecular complexity index is 2020. The van der Waals surface area contributed by atoms with Gasteiger partial charge < -0.3 is 23.5 Å². The third-order valence-electron chi connectivity index (χ3n) is 9.74. The van der Waals surface area contributed by atoms with Crippen LogP contribution in [0.5, 0.6) is 11.5 Å². The molecule has 0 spiro atoms. The number of aromatic nitrogens is 4. The third-order valence-corrected chi connectivity index (χ3v) is 9.74. The number of nitrogens with zero attached hydrogens (tertiary/aromatic N) is 6. The van der Waals surface area contributed by atoms with E-state index in [0.29, 0.717) is 28.2 Å². The van der Waals surface area contributed by atoms with Crippen LogP contribution in [0.3, 0.4) is 0 Å². The van der Waals surface area contributed by atoms with E-state index in [1.165, 1.54) is 4.90 Å². The lowest BCUT2D eigenvalue weighted by Crippen LogP contribution is -2.31. The first-order valence-electron chi connectivity index (χ1n) is 16.9. The van der Waals surface area contributed by atoms with Gasteiger partial charge in [-0.3, -0.25) is 14.5 Å². The van der Waals surface area contributed by atoms with Gasteiger partial charge in [0.2, 0.25) is 0 Å². The van der Waals surface area contributed by atoms with Crippen molar-refractivity contribution >= 4 is 45.0 Å². The fourth-order valence-electron chi connectivity index (χ4n) is 7.20. The number of benzene rings is 1. The molecule has 7 rings (SSSR count). The van der Waals surface area contributed by atoms with E-state index < -0.39 is 0 Å². The molecule has 10 heteroatoms. The minimum atomic E-state index is -0.339. The number of rotatable bonds is 5. The zero-order chi connectivity index (χ0) is 33.2. The van der Waals surface area contributed by atoms with Crippen LogP contribution in [-0.2, 0) is 29.2 Å². The van der Waals surface area contributed by atoms with Gasteiger partial charge in [-0.2, -0.15) is 0 Å². The van der Waals surface area contributed by atoms with Crippen molar-refractivity contribution in [2.45, 2.75) is 58.7 Å². The predicted molar refractivity (Wildman–Crippen MR) is 187 cm³/mol. The van der Waals surface area contributed by atoms with Gasteiger partial charge in [0.25, 0.3) is 11.8 Å². The first-order valence-corrected chi connectivity index (χ1v) is 16.9. The molecule has 0 N–H and O–H groups in total. The van der Waals surface area contributed by atoms with Gasteiger partial charge in [-0.1, -0.05) is 13.3 Å². The number of methoxy groups -OCH3 is 2. The molecule has 0 unspecified atom stereocenters. The Balaban J connectivity index is 1.40. The first-order chi connectivity index (χ1) is 23.5. The van der Waals surface area contributed by atoms with Crippen molar-refractivity contribution < 1.29 is 19.1 Å². The van der Waals surface area contributed by atoms with Crippen LogP contribution in [0.25, 0.3) is 33.2 Å². The molecule has 6 heterocycles. The molecular formula is C38H42N6O4. The maximum Gasteiger partial charge on any atom is 0.262 e. The van der Waals surface area contributed by atoms with Crippen LogP contribution < -0.4 is 9.47 Å². The van der Waals surface area contributed by atoms with Crippen molar-refractivity contribution in [2.24, 2.45) is 0 Å². The van der Waals surface area contributed by atoms with Crippen molar-refractivity contribution in [1.82, 2.24) is 28.9 Å². The summed E-state index contributed by atoms with van der Waals surface area (Å²) in [6.45, 7) is 7.02. The second-order valence-corrected chi connectivity index (χ2v) is 12.5. The Morgan fingerprint density at radius 3 is 1.83 bits per heavy atom. The van der Waals surface area contributed by atoms with Crippen LogP contribution >= 0.6 is 0 Å². The molecule has 48 heavy (non-hydrogen) atoms. The summed E-state index contributed by atoms with van der Waals surface area (Å²) >= 11 is 0. The number of ether oxygens (including phenoxy) is 2. The highest BCUT2D eigenvalue weighted by atomic mass is 16.5. The molecule has 248 valence electrons. The van der Waals surface area contributed by atoms with Crippen molar-refractivity contribution in [3.63, 3.8) is 0 Å². The summed E-state index contributed by atoms with van der Waals surface area (Å²) < 4.78 is 15.3. The number of fused-ring (bicyclic) bond motifs is 12. The molecule has 0 saturated carbocycles. The zero-order valence-corrected chi connectivity index (χ0v) is 27.9. The lowest BCUT2D eigenvalue weighted by atomic mass is 9.96. The number of carbonyl (C=O) groups excluding carboxylic acids is 2. The van der Waals surface area contributed by atoms with Crippen molar-refractivity contribution in [3.8, 4) is 11.5 Å². The largest absolute Gasteiger partial charge is 0.497 e. The second kappa shape index (κ2) is 13.6. The number of amides is 2. The van der Waals surface area contributed by atoms with Crippen LogP contribution in [0.15, 0.2) is 67.3 Å². The number of hydrogen-bond donors (Lipinski definition) is 0. The quantitative estimate of drug-likeness (QED) is 0.211. The number of pyridine rings is 2. The lowest BCUT2D eigenvalue weighted by molar-refractivity contribution is -0.136. The van der Waals surface area contributed by atoms with Gasteiger partial charge in [-0.15, -0.1) is 0 Å². The number of carbonyl (C=O) groups is 2. The van der Waals surface area contributed by atoms with E-state index in [0.717, 1.165) is 98.0 Å². The summed E-state index contributed by atoms with van der Waals surface area (Å²) in [5.41, 5.74) is 4.56. The summed E-state index contributed by atoms with van der Waals surface area (Å²) in [7, 11) is 3.17. The van der Waals surface area contributed by atoms with Crippen LogP contribution in [0.4, 0.5) is 0 Å². The average Bonchev–Trinajstić information content (AvgIpc) is 3.74. The van der Waals surface area contributed by atoms with Crippen LogP contribution in [0.2, 0.25) is 0 Å². The number of imide groups is 1. The minimum absolute atomic E-state index is 0.0551. The molecule has 2 aliphatic rings. The van der Waals surface area contributed by atoms with Gasteiger partial charge in [0.1, 0.15) is 22.8 Å². The molecule has 2 aliphatic heterocycles. The zero-order valence-electron chi connectivity index (χ0n) is 27.9. The Morgan fingerprint density at radius 2 is 1.27 bits per heavy atom. The van der Waals surface area contributed by atoms with Crippen LogP contribution in [0, 0.1) is 0 Å². The molecule has 0 atom stereocenters. The Morgan fingerprint density at radius 1 is 0.708 bits per heavy atom. The normalized spacial score (nSPS) is 16.8. The Labute approximate surface area is 280 Å². The smallest absolute Gasteiger partial charge is 0.262 e. The SMILES string of the molecule is CCN1CCCCCn2cc(c3cccnc32)C2=C(C(=O)N(Cc3ccc(OC)cc3OC)C2=O)c2cn(c3ncccc23)CCCC1. The minimum Gasteiger partial charge on any atom is -0.497 e. The van der Waals surface area contributed by atoms with Crippen molar-refractivity contribution in [2.75, 3.05) is 33.9 Å². The van der Waals surface area contributed by atoms with E-state index in [1.54, 1.807) is 32.7 Å². The maximum absolute atomic E-state index is 14.7. The second-order valence-electron chi connectivity index (χ2n) is 12.5. The number of aryl methyl sites for hydroxylation is 2. The van der Waals surface area contributed by atoms with Crippen LogP contribution in [0.1, 0.15) is 55.7 Å². The standard InChI is InChI=1S/C38H42N6O4/c1-4-41-18-6-5-7-20-42-24-30(28-12-10-16-39-35(28)42)33-34(31-25-43(21-9-8-19-41)36-29(31)13-11-17-40-36)38(46)44(37(33)45)23-26-14-15-27(47-2)22-32(26)48-3/h10-17,22,24-25H,4-9,18-21,23H2,1-3H3. The molecule has 0 fully saturated rings. The maximum atomic E-state index is 14.7. The van der Waals surface area contributed by atoms with Gasteiger partial charge in [0.15, 0.2) is 0 Å². The lowest BCUT2D eigenvalue weighted by Gasteiger charge is -2.20. The van der Waals surface area contributed by atoms with E-state index >= 15 is 0 Å². The van der Waals surface area contributed by atoms with E-state index in [-0.39, 0.29) is 18.4 Å². The molecule has 0 aliphatic carbocycles. The summed E-state index contributed by atoms with van der Waals surface area (Å²) in [6, 6.07) is 13.2. The summed E-state index contributed by atoms with van der Waals surface area (Å²) in [5.74, 6) is 0.501. The van der Waals surface area contributed by atoms with E-state index in [4.69, 9.17) is 19.4 Å². The molecule has 4 bridgehead atoms. The highest BCUT2D eigenvalue weighted by molar-refractivity contribution is 6.50. The predicted octanol–water partition coefficient (Wildman–Crippen LogP) is 6.17. The monoisotopic (exact) mass is 646 g/mol. The summed E-state index contributed by atoms with van der Waals surface area (Å²) in [5, 5.41) is 1.71. The molecule has 2 amide bonds. The molecule has 0 radical (unpaired) electrons. The van der Waals surface area contributed by atoms with Crippen LogP contribution in [-0.4, -0.2) is 74.6 Å². The van der Waals surface area contributed by atoms with Gasteiger partial charge in [-0.05, 0) is 81.7 Å². The van der Waals surface area contributed by atoms with E-state index in [2.05, 4.69) is 21.0 Å². The summed E-state index contributed by atoms with van der Waals surface area (Å²) in [6.07, 6.45) is 12.9. The van der Waals surface area contributed by atoms with E-state index in [1.807, 2.05) is 48.8 Å². The number of hydrogen-bond acceptors (Lipinski definition) is 7. The highest BCUT2D eigenvalue weighted by Gasteiger charge is 2.42. The van der Waals surface area contributed by atoms with Gasteiger partial charge in [0, 0.05) is 71.4 Å². The molecule has 4 aromatic heterocycles. The molecular weight excluding hydrogens is 604 g/mol. The molecule has 5 aromatic rings. The van der Waals surface area contributed by atoms with Gasteiger partial charge in [0.05, 0.1) is 31.9 Å².